The summed E-state index contributed by atoms with van der Waals surface area (Å²) in [5, 5.41) is 3.04. The van der Waals surface area contributed by atoms with Gasteiger partial charge in [-0.1, -0.05) is 36.7 Å². The molecular formula is C19H20ClNO4. The smallest absolute Gasteiger partial charge is 0.337 e. The van der Waals surface area contributed by atoms with Crippen LogP contribution in [0.15, 0.2) is 42.5 Å². The lowest BCUT2D eigenvalue weighted by Crippen LogP contribution is -2.32. The molecule has 0 aromatic heterocycles. The van der Waals surface area contributed by atoms with Gasteiger partial charge in [0.1, 0.15) is 5.75 Å². The van der Waals surface area contributed by atoms with E-state index in [0.717, 1.165) is 5.56 Å². The van der Waals surface area contributed by atoms with Crippen molar-refractivity contribution in [3.63, 3.8) is 0 Å². The molecule has 0 heterocycles. The number of anilines is 1. The van der Waals surface area contributed by atoms with E-state index in [2.05, 4.69) is 10.1 Å². The molecule has 0 unspecified atom stereocenters. The first-order valence-corrected chi connectivity index (χ1v) is 8.25. The van der Waals surface area contributed by atoms with Gasteiger partial charge in [-0.3, -0.25) is 4.79 Å². The van der Waals surface area contributed by atoms with Crippen molar-refractivity contribution in [2.75, 3.05) is 12.4 Å². The Morgan fingerprint density at radius 2 is 1.92 bits per heavy atom. The molecule has 0 aliphatic heterocycles. The number of esters is 1. The van der Waals surface area contributed by atoms with Crippen molar-refractivity contribution in [3.8, 4) is 5.75 Å². The van der Waals surface area contributed by atoms with Crippen LogP contribution in [0.1, 0.15) is 29.3 Å². The van der Waals surface area contributed by atoms with Crippen LogP contribution in [0.3, 0.4) is 0 Å². The molecule has 5 nitrogen and oxygen atoms in total. The minimum absolute atomic E-state index is 0.301. The monoisotopic (exact) mass is 361 g/mol. The van der Waals surface area contributed by atoms with Crippen LogP contribution < -0.4 is 10.1 Å². The first-order chi connectivity index (χ1) is 12.0. The summed E-state index contributed by atoms with van der Waals surface area (Å²) in [5.74, 6) is -0.191. The summed E-state index contributed by atoms with van der Waals surface area (Å²) in [6, 6.07) is 12.0. The van der Waals surface area contributed by atoms with E-state index in [4.69, 9.17) is 16.3 Å². The van der Waals surface area contributed by atoms with Crippen molar-refractivity contribution in [2.24, 2.45) is 0 Å². The third kappa shape index (κ3) is 4.73. The number of halogens is 1. The average Bonchev–Trinajstić information content (AvgIpc) is 2.62. The summed E-state index contributed by atoms with van der Waals surface area (Å²) < 4.78 is 10.5. The Labute approximate surface area is 151 Å². The van der Waals surface area contributed by atoms with Crippen LogP contribution in [0, 0.1) is 6.92 Å². The number of ether oxygens (including phenoxy) is 2. The van der Waals surface area contributed by atoms with Gasteiger partial charge < -0.3 is 14.8 Å². The van der Waals surface area contributed by atoms with Gasteiger partial charge in [0.2, 0.25) is 0 Å². The van der Waals surface area contributed by atoms with E-state index in [9.17, 15) is 9.59 Å². The Bertz CT molecular complexity index is 776. The van der Waals surface area contributed by atoms with Gasteiger partial charge in [0.05, 0.1) is 23.4 Å². The zero-order chi connectivity index (χ0) is 18.4. The molecule has 0 saturated heterocycles. The van der Waals surface area contributed by atoms with Gasteiger partial charge in [0.15, 0.2) is 6.10 Å². The van der Waals surface area contributed by atoms with Crippen LogP contribution in [0.4, 0.5) is 5.69 Å². The number of hydrogen-bond donors (Lipinski definition) is 1. The third-order valence-electron chi connectivity index (χ3n) is 3.67. The molecule has 1 N–H and O–H groups in total. The quantitative estimate of drug-likeness (QED) is 0.782. The molecule has 0 spiro atoms. The van der Waals surface area contributed by atoms with Gasteiger partial charge in [-0.15, -0.1) is 0 Å². The highest BCUT2D eigenvalue weighted by molar-refractivity contribution is 6.33. The lowest BCUT2D eigenvalue weighted by atomic mass is 10.2. The van der Waals surface area contributed by atoms with Crippen molar-refractivity contribution < 1.29 is 19.1 Å². The standard InChI is InChI=1S/C19H20ClNO4/c1-4-16(25-17-8-6-5-7-12(17)2)18(22)21-15-11-13(19(23)24-3)9-10-14(15)20/h5-11,16H,4H2,1-3H3,(H,21,22)/t16-/m0/s1. The van der Waals surface area contributed by atoms with Gasteiger partial charge in [-0.05, 0) is 43.2 Å². The molecule has 2 aromatic carbocycles. The van der Waals surface area contributed by atoms with E-state index in [1.54, 1.807) is 0 Å². The number of rotatable bonds is 6. The number of hydrogen-bond acceptors (Lipinski definition) is 4. The second-order valence-electron chi connectivity index (χ2n) is 5.46. The summed E-state index contributed by atoms with van der Waals surface area (Å²) in [7, 11) is 1.29. The molecule has 0 saturated carbocycles. The maximum absolute atomic E-state index is 12.6. The Hall–Kier alpha value is -2.53. The fourth-order valence-corrected chi connectivity index (χ4v) is 2.41. The first kappa shape index (κ1) is 18.8. The van der Waals surface area contributed by atoms with Crippen molar-refractivity contribution in [1.82, 2.24) is 0 Å². The van der Waals surface area contributed by atoms with Crippen LogP contribution >= 0.6 is 11.6 Å². The Kier molecular flexibility index (Phi) is 6.42. The van der Waals surface area contributed by atoms with E-state index in [-0.39, 0.29) is 5.91 Å². The van der Waals surface area contributed by atoms with Gasteiger partial charge >= 0.3 is 5.97 Å². The summed E-state index contributed by atoms with van der Waals surface area (Å²) in [6.07, 6.45) is -0.201. The zero-order valence-corrected chi connectivity index (χ0v) is 15.1. The van der Waals surface area contributed by atoms with Crippen molar-refractivity contribution in [3.05, 3.63) is 58.6 Å². The van der Waals surface area contributed by atoms with E-state index < -0.39 is 12.1 Å². The summed E-state index contributed by atoms with van der Waals surface area (Å²) in [4.78, 5) is 24.2. The van der Waals surface area contributed by atoms with Crippen molar-refractivity contribution in [1.29, 1.82) is 0 Å². The fraction of sp³-hybridized carbons (Fsp3) is 0.263. The molecule has 6 heteroatoms. The highest BCUT2D eigenvalue weighted by atomic mass is 35.5. The molecule has 0 radical (unpaired) electrons. The minimum atomic E-state index is -0.682. The molecule has 132 valence electrons. The molecule has 2 rings (SSSR count). The average molecular weight is 362 g/mol. The van der Waals surface area contributed by atoms with Gasteiger partial charge in [0.25, 0.3) is 5.91 Å². The molecule has 0 aliphatic carbocycles. The number of amides is 1. The van der Waals surface area contributed by atoms with Crippen molar-refractivity contribution in [2.45, 2.75) is 26.4 Å². The second-order valence-corrected chi connectivity index (χ2v) is 5.86. The number of nitrogens with one attached hydrogen (secondary N) is 1. The number of methoxy groups -OCH3 is 1. The lowest BCUT2D eigenvalue weighted by molar-refractivity contribution is -0.122. The van der Waals surface area contributed by atoms with E-state index >= 15 is 0 Å². The number of benzene rings is 2. The van der Waals surface area contributed by atoms with Crippen LogP contribution in [0.25, 0.3) is 0 Å². The van der Waals surface area contributed by atoms with Crippen LogP contribution in [0.5, 0.6) is 5.75 Å². The molecular weight excluding hydrogens is 342 g/mol. The first-order valence-electron chi connectivity index (χ1n) is 7.87. The normalized spacial score (nSPS) is 11.5. The van der Waals surface area contributed by atoms with E-state index in [1.165, 1.54) is 25.3 Å². The van der Waals surface area contributed by atoms with Crippen molar-refractivity contribution >= 4 is 29.2 Å². The second kappa shape index (κ2) is 8.53. The van der Waals surface area contributed by atoms with Crippen LogP contribution in [-0.2, 0) is 9.53 Å². The van der Waals surface area contributed by atoms with Crippen LogP contribution in [0.2, 0.25) is 5.02 Å². The number of carbonyl (C=O) groups is 2. The molecule has 25 heavy (non-hydrogen) atoms. The summed E-state index contributed by atoms with van der Waals surface area (Å²) in [5.41, 5.74) is 1.58. The van der Waals surface area contributed by atoms with E-state index in [0.29, 0.717) is 28.4 Å². The number of carbonyl (C=O) groups excluding carboxylic acids is 2. The van der Waals surface area contributed by atoms with Crippen LogP contribution in [-0.4, -0.2) is 25.1 Å². The van der Waals surface area contributed by atoms with Gasteiger partial charge in [-0.25, -0.2) is 4.79 Å². The van der Waals surface area contributed by atoms with Gasteiger partial charge in [0, 0.05) is 0 Å². The highest BCUT2D eigenvalue weighted by Crippen LogP contribution is 2.25. The molecule has 2 aromatic rings. The maximum atomic E-state index is 12.6. The summed E-state index contributed by atoms with van der Waals surface area (Å²) >= 11 is 6.11. The Morgan fingerprint density at radius 3 is 2.56 bits per heavy atom. The largest absolute Gasteiger partial charge is 0.480 e. The highest BCUT2D eigenvalue weighted by Gasteiger charge is 2.21. The maximum Gasteiger partial charge on any atom is 0.337 e. The SMILES string of the molecule is CC[C@H](Oc1ccccc1C)C(=O)Nc1cc(C(=O)OC)ccc1Cl. The molecule has 0 fully saturated rings. The Balaban J connectivity index is 2.17. The lowest BCUT2D eigenvalue weighted by Gasteiger charge is -2.19. The predicted octanol–water partition coefficient (Wildman–Crippen LogP) is 4.23. The Morgan fingerprint density at radius 1 is 1.20 bits per heavy atom. The van der Waals surface area contributed by atoms with Gasteiger partial charge in [-0.2, -0.15) is 0 Å². The predicted molar refractivity (Wildman–Crippen MR) is 97.3 cm³/mol. The fourth-order valence-electron chi connectivity index (χ4n) is 2.24. The number of para-hydroxylation sites is 1. The minimum Gasteiger partial charge on any atom is -0.480 e. The third-order valence-corrected chi connectivity index (χ3v) is 4.00. The van der Waals surface area contributed by atoms with E-state index in [1.807, 2.05) is 38.1 Å². The molecule has 1 atom stereocenters. The molecule has 0 bridgehead atoms. The molecule has 1 amide bonds. The topological polar surface area (TPSA) is 64.6 Å². The number of aryl methyl sites for hydroxylation is 1. The zero-order valence-electron chi connectivity index (χ0n) is 14.3. The molecule has 0 aliphatic rings. The summed E-state index contributed by atoms with van der Waals surface area (Å²) in [6.45, 7) is 3.77.